The fourth-order valence-corrected chi connectivity index (χ4v) is 12.7. The molecule has 0 aromatic carbocycles. The van der Waals surface area contributed by atoms with Crippen molar-refractivity contribution >= 4 is 5.91 Å². The SMILES string of the molecule is CC/C=C\C/C=C\C/C=C\C/C=C\C/C=C\C/C=C\C/C=C\C/C=C\C/C=C\C/C=C\C/C=C\CCCCCCCC(=O)NC(COC1OC(CO)C(OC2OC(CO)C(O)C(O)C2O)C(O)C1O)C(O)/C=C/CC/C=C/CCCCCCCCCCCCCCCCCCCCCCCCCCC. The van der Waals surface area contributed by atoms with Crippen molar-refractivity contribution in [3.63, 3.8) is 0 Å². The van der Waals surface area contributed by atoms with Crippen LogP contribution >= 0.6 is 0 Å². The molecule has 12 unspecified atom stereocenters. The van der Waals surface area contributed by atoms with Gasteiger partial charge in [0.25, 0.3) is 0 Å². The maximum absolute atomic E-state index is 13.4. The average molecular weight is 1460 g/mol. The van der Waals surface area contributed by atoms with Crippen LogP contribution in [0.15, 0.2) is 158 Å². The molecule has 0 radical (unpaired) electrons. The van der Waals surface area contributed by atoms with Crippen LogP contribution in [0.2, 0.25) is 0 Å². The van der Waals surface area contributed by atoms with E-state index in [2.05, 4.69) is 165 Å². The number of rotatable bonds is 68. The highest BCUT2D eigenvalue weighted by Crippen LogP contribution is 2.30. The predicted molar refractivity (Wildman–Crippen MR) is 433 cm³/mol. The minimum absolute atomic E-state index is 0.241. The van der Waals surface area contributed by atoms with Crippen molar-refractivity contribution < 1.29 is 64.6 Å². The van der Waals surface area contributed by atoms with Crippen LogP contribution in [0.5, 0.6) is 0 Å². The minimum Gasteiger partial charge on any atom is -0.394 e. The van der Waals surface area contributed by atoms with Gasteiger partial charge < -0.3 is 65.1 Å². The number of nitrogens with one attached hydrogen (secondary N) is 1. The highest BCUT2D eigenvalue weighted by atomic mass is 16.7. The van der Waals surface area contributed by atoms with Gasteiger partial charge in [-0.1, -0.05) is 345 Å². The number of unbranched alkanes of at least 4 members (excludes halogenated alkanes) is 31. The first-order valence-corrected chi connectivity index (χ1v) is 41.7. The van der Waals surface area contributed by atoms with Crippen molar-refractivity contribution in [2.75, 3.05) is 19.8 Å². The van der Waals surface area contributed by atoms with Crippen LogP contribution < -0.4 is 5.32 Å². The van der Waals surface area contributed by atoms with E-state index in [1.54, 1.807) is 6.08 Å². The Hall–Kier alpha value is -4.39. The lowest BCUT2D eigenvalue weighted by Gasteiger charge is -2.46. The number of ether oxygens (including phenoxy) is 4. The van der Waals surface area contributed by atoms with E-state index in [1.807, 2.05) is 6.08 Å². The van der Waals surface area contributed by atoms with Crippen LogP contribution in [-0.2, 0) is 23.7 Å². The third kappa shape index (κ3) is 53.4. The molecule has 14 nitrogen and oxygen atoms in total. The van der Waals surface area contributed by atoms with E-state index >= 15 is 0 Å². The second-order valence-corrected chi connectivity index (χ2v) is 28.5. The van der Waals surface area contributed by atoms with Crippen LogP contribution in [-0.4, -0.2) is 140 Å². The molecule has 2 fully saturated rings. The Morgan fingerprint density at radius 2 is 0.673 bits per heavy atom. The van der Waals surface area contributed by atoms with Gasteiger partial charge in [-0.2, -0.15) is 0 Å². The van der Waals surface area contributed by atoms with Crippen molar-refractivity contribution in [1.82, 2.24) is 5.32 Å². The standard InChI is InChI=1S/C90H151NO13/c1-3-5-7-9-11-13-15-17-19-21-23-25-27-29-31-33-35-36-37-38-39-40-41-42-44-46-48-50-52-54-56-58-60-62-64-66-68-70-72-74-82(95)91-78(77-101-89-87(100)85(98)88(81(76-93)103-89)104-90-86(99)84(97)83(96)80(75-92)102-90)79(94)73-71-69-67-65-63-61-59-57-55-53-51-49-47-45-43-34-32-30-28-26-24-22-20-18-16-14-12-10-8-6-4-2/h5,7,11,13,17,19,23,25,29,31,35-36,38-39,41-42,46,48,52,54,58,60,63,65,71,73,78-81,83-90,92-94,96-100H,3-4,6,8-10,12,14-16,18,20-22,24,26-28,30,32-34,37,40,43-45,47,49-51,53,55-57,59,61-62,64,66-70,72,74-77H2,1-2H3,(H,91,95)/b7-5-,13-11-,19-17-,25-23-,31-29-,36-35-,39-38-,42-41-,48-46-,54-52-,60-58-,65-63+,73-71+. The molecule has 0 aromatic heterocycles. The Labute approximate surface area is 633 Å². The fourth-order valence-electron chi connectivity index (χ4n) is 12.7. The number of allylic oxidation sites excluding steroid dienone is 25. The zero-order valence-corrected chi connectivity index (χ0v) is 65.2. The first-order valence-electron chi connectivity index (χ1n) is 41.7. The third-order valence-corrected chi connectivity index (χ3v) is 19.2. The molecule has 12 atom stereocenters. The van der Waals surface area contributed by atoms with Crippen LogP contribution in [0.25, 0.3) is 0 Å². The molecule has 104 heavy (non-hydrogen) atoms. The maximum Gasteiger partial charge on any atom is 0.220 e. The molecule has 594 valence electrons. The molecule has 0 aromatic rings. The maximum atomic E-state index is 13.4. The van der Waals surface area contributed by atoms with Gasteiger partial charge in [-0.3, -0.25) is 4.79 Å². The number of aliphatic hydroxyl groups is 8. The van der Waals surface area contributed by atoms with Crippen LogP contribution in [0, 0.1) is 0 Å². The van der Waals surface area contributed by atoms with Gasteiger partial charge in [-0.15, -0.1) is 0 Å². The fraction of sp³-hybridized carbons (Fsp3) is 0.700. The second-order valence-electron chi connectivity index (χ2n) is 28.5. The van der Waals surface area contributed by atoms with Crippen molar-refractivity contribution in [1.29, 1.82) is 0 Å². The summed E-state index contributed by atoms with van der Waals surface area (Å²) in [5, 5.41) is 87.7. The van der Waals surface area contributed by atoms with E-state index in [1.165, 1.54) is 161 Å². The van der Waals surface area contributed by atoms with Gasteiger partial charge in [0.1, 0.15) is 48.8 Å². The first kappa shape index (κ1) is 95.7. The summed E-state index contributed by atoms with van der Waals surface area (Å²) in [5.41, 5.74) is 0. The van der Waals surface area contributed by atoms with Crippen LogP contribution in [0.4, 0.5) is 0 Å². The van der Waals surface area contributed by atoms with Gasteiger partial charge >= 0.3 is 0 Å². The summed E-state index contributed by atoms with van der Waals surface area (Å²) in [6, 6.07) is -0.957. The smallest absolute Gasteiger partial charge is 0.220 e. The number of aliphatic hydroxyl groups excluding tert-OH is 8. The van der Waals surface area contributed by atoms with E-state index in [0.717, 1.165) is 116 Å². The summed E-state index contributed by atoms with van der Waals surface area (Å²) in [4.78, 5) is 13.4. The molecule has 2 aliphatic heterocycles. The Balaban J connectivity index is 1.65. The molecular weight excluding hydrogens is 1300 g/mol. The first-order chi connectivity index (χ1) is 51.1. The van der Waals surface area contributed by atoms with E-state index < -0.39 is 86.8 Å². The number of hydrogen-bond donors (Lipinski definition) is 9. The Kier molecular flexibility index (Phi) is 65.8. The lowest BCUT2D eigenvalue weighted by molar-refractivity contribution is -0.359. The molecule has 1 amide bonds. The number of amides is 1. The zero-order chi connectivity index (χ0) is 75.1. The second kappa shape index (κ2) is 71.5. The van der Waals surface area contributed by atoms with Gasteiger partial charge in [-0.05, 0) is 116 Å². The molecule has 2 heterocycles. The van der Waals surface area contributed by atoms with E-state index in [9.17, 15) is 45.6 Å². The highest BCUT2D eigenvalue weighted by Gasteiger charge is 2.51. The van der Waals surface area contributed by atoms with Crippen molar-refractivity contribution in [2.45, 2.75) is 383 Å². The largest absolute Gasteiger partial charge is 0.394 e. The molecule has 2 rings (SSSR count). The lowest BCUT2D eigenvalue weighted by atomic mass is 9.97. The predicted octanol–water partition coefficient (Wildman–Crippen LogP) is 19.7. The minimum atomic E-state index is -1.80. The monoisotopic (exact) mass is 1450 g/mol. The van der Waals surface area contributed by atoms with Crippen molar-refractivity contribution in [2.24, 2.45) is 0 Å². The molecule has 14 heteroatoms. The van der Waals surface area contributed by atoms with Gasteiger partial charge in [0.2, 0.25) is 5.91 Å². The van der Waals surface area contributed by atoms with Gasteiger partial charge in [0.05, 0.1) is 32.0 Å². The summed E-state index contributed by atoms with van der Waals surface area (Å²) in [7, 11) is 0. The molecule has 0 aliphatic carbocycles. The van der Waals surface area contributed by atoms with E-state index in [4.69, 9.17) is 18.9 Å². The summed E-state index contributed by atoms with van der Waals surface area (Å²) < 4.78 is 22.9. The lowest BCUT2D eigenvalue weighted by Crippen LogP contribution is -2.65. The third-order valence-electron chi connectivity index (χ3n) is 19.2. The number of hydrogen-bond acceptors (Lipinski definition) is 13. The zero-order valence-electron chi connectivity index (χ0n) is 65.2. The normalized spacial score (nSPS) is 22.3. The van der Waals surface area contributed by atoms with Crippen LogP contribution in [0.1, 0.15) is 309 Å². The molecule has 2 aliphatic rings. The number of carbonyl (C=O) groups excluding carboxylic acids is 1. The van der Waals surface area contributed by atoms with Crippen molar-refractivity contribution in [3.05, 3.63) is 158 Å². The molecule has 9 N–H and O–H groups in total. The molecule has 0 spiro atoms. The van der Waals surface area contributed by atoms with Gasteiger partial charge in [0, 0.05) is 6.42 Å². The Morgan fingerprint density at radius 1 is 0.356 bits per heavy atom. The summed E-state index contributed by atoms with van der Waals surface area (Å²) >= 11 is 0. The average Bonchev–Trinajstić information content (AvgIpc) is 0.791. The van der Waals surface area contributed by atoms with Gasteiger partial charge in [0.15, 0.2) is 12.6 Å². The summed E-state index contributed by atoms with van der Waals surface area (Å²) in [6.45, 7) is 2.68. The molecule has 0 saturated carbocycles. The summed E-state index contributed by atoms with van der Waals surface area (Å²) in [6.07, 6.45) is 93.2. The van der Waals surface area contributed by atoms with Crippen molar-refractivity contribution in [3.8, 4) is 0 Å². The molecule has 2 saturated heterocycles. The quantitative estimate of drug-likeness (QED) is 0.0204. The van der Waals surface area contributed by atoms with Crippen LogP contribution in [0.3, 0.4) is 0 Å². The summed E-state index contributed by atoms with van der Waals surface area (Å²) in [5.74, 6) is -0.271. The van der Waals surface area contributed by atoms with E-state index in [0.29, 0.717) is 12.8 Å². The highest BCUT2D eigenvalue weighted by molar-refractivity contribution is 5.76. The Bertz CT molecular complexity index is 2370. The Morgan fingerprint density at radius 3 is 1.06 bits per heavy atom. The molecule has 0 bridgehead atoms. The van der Waals surface area contributed by atoms with Gasteiger partial charge in [-0.25, -0.2) is 0 Å². The molecular formula is C90H151NO13. The number of carbonyl (C=O) groups is 1. The van der Waals surface area contributed by atoms with E-state index in [-0.39, 0.29) is 18.9 Å². The topological polar surface area (TPSA) is 228 Å².